The van der Waals surface area contributed by atoms with E-state index in [2.05, 4.69) is 50.0 Å². The molecule has 0 bridgehead atoms. The molecule has 10 heteroatoms. The number of sulfone groups is 1. The molecule has 1 aliphatic heterocycles. The van der Waals surface area contributed by atoms with Crippen LogP contribution in [0.3, 0.4) is 0 Å². The van der Waals surface area contributed by atoms with Gasteiger partial charge in [0.25, 0.3) is 8.32 Å². The minimum Gasteiger partial charge on any atom is -0.405 e. The average molecular weight is 686 g/mol. The molecule has 5 aromatic rings. The number of ether oxygens (including phenoxy) is 2. The maximum atomic E-state index is 13.7. The molecule has 1 aliphatic rings. The highest BCUT2D eigenvalue weighted by Gasteiger charge is 2.51. The second-order valence-electron chi connectivity index (χ2n) is 13.3. The topological polar surface area (TPSA) is 118 Å². The summed E-state index contributed by atoms with van der Waals surface area (Å²) >= 11 is 0. The molecule has 2 heterocycles. The van der Waals surface area contributed by atoms with E-state index in [-0.39, 0.29) is 41.0 Å². The van der Waals surface area contributed by atoms with Crippen LogP contribution in [-0.4, -0.2) is 69.7 Å². The molecule has 0 unspecified atom stereocenters. The Bertz CT molecular complexity index is 1870. The van der Waals surface area contributed by atoms with Gasteiger partial charge >= 0.3 is 0 Å². The van der Waals surface area contributed by atoms with Gasteiger partial charge < -0.3 is 29.1 Å². The van der Waals surface area contributed by atoms with Gasteiger partial charge in [-0.2, -0.15) is 0 Å². The van der Waals surface area contributed by atoms with Crippen LogP contribution in [0.5, 0.6) is 0 Å². The van der Waals surface area contributed by atoms with Crippen molar-refractivity contribution in [2.45, 2.75) is 73.2 Å². The highest BCUT2D eigenvalue weighted by molar-refractivity contribution is 7.91. The lowest BCUT2D eigenvalue weighted by Crippen LogP contribution is -2.67. The van der Waals surface area contributed by atoms with E-state index in [0.717, 1.165) is 15.8 Å². The third kappa shape index (κ3) is 6.66. The second-order valence-corrected chi connectivity index (χ2v) is 19.5. The van der Waals surface area contributed by atoms with Crippen LogP contribution >= 0.6 is 0 Å². The lowest BCUT2D eigenvalue weighted by molar-refractivity contribution is -0.269. The van der Waals surface area contributed by atoms with Crippen LogP contribution in [0.15, 0.2) is 125 Å². The number of rotatable bonds is 11. The average Bonchev–Trinajstić information content (AvgIpc) is 3.47. The molecule has 252 valence electrons. The normalized spacial score (nSPS) is 20.6. The zero-order chi connectivity index (χ0) is 33.9. The van der Waals surface area contributed by atoms with Gasteiger partial charge in [0.2, 0.25) is 9.84 Å². The van der Waals surface area contributed by atoms with E-state index in [4.69, 9.17) is 13.9 Å². The first kappa shape index (κ1) is 34.3. The van der Waals surface area contributed by atoms with Gasteiger partial charge in [0.05, 0.1) is 30.3 Å². The van der Waals surface area contributed by atoms with Crippen LogP contribution in [0.25, 0.3) is 10.9 Å². The van der Waals surface area contributed by atoms with E-state index in [1.165, 1.54) is 0 Å². The van der Waals surface area contributed by atoms with Crippen LogP contribution < -0.4 is 10.4 Å². The van der Waals surface area contributed by atoms with E-state index in [1.807, 2.05) is 60.7 Å². The minimum absolute atomic E-state index is 0.0515. The molecule has 48 heavy (non-hydrogen) atoms. The van der Waals surface area contributed by atoms with Gasteiger partial charge in [-0.15, -0.1) is 0 Å². The van der Waals surface area contributed by atoms with Crippen molar-refractivity contribution >= 4 is 39.4 Å². The molecule has 4 aromatic carbocycles. The highest BCUT2D eigenvalue weighted by atomic mass is 32.2. The molecular weight excluding hydrogens is 643 g/mol. The summed E-state index contributed by atoms with van der Waals surface area (Å²) in [6.07, 6.45) is -3.61. The Hall–Kier alpha value is -3.61. The van der Waals surface area contributed by atoms with Crippen LogP contribution in [-0.2, 0) is 30.2 Å². The van der Waals surface area contributed by atoms with Gasteiger partial charge in [0.15, 0.2) is 6.29 Å². The van der Waals surface area contributed by atoms with Crippen molar-refractivity contribution in [2.75, 3.05) is 13.2 Å². The molecule has 0 aliphatic carbocycles. The zero-order valence-electron chi connectivity index (χ0n) is 27.5. The number of hydrogen-bond acceptors (Lipinski definition) is 7. The standard InChI is InChI=1S/C38H43NO7SSi/c1-38(2,3)48(29-17-9-5-10-18-29,30-19-11-6-12-20-30)45-26-27-25-34(40)35(41)37(46-27)44-24-23-32-31-21-13-14-22-33(31)39-36(32)47(42,43)28-15-7-4-8-16-28/h4-22,27,34-35,37,39-41H,23-26H2,1-3H3/t27-,34-,35+,37-/m0/s1. The van der Waals surface area contributed by atoms with Crippen LogP contribution in [0, 0.1) is 0 Å². The van der Waals surface area contributed by atoms with Gasteiger partial charge in [-0.1, -0.05) is 118 Å². The summed E-state index contributed by atoms with van der Waals surface area (Å²) in [6.45, 7) is 6.84. The number of aromatic amines is 1. The number of aromatic nitrogens is 1. The van der Waals surface area contributed by atoms with Gasteiger partial charge in [-0.05, 0) is 45.6 Å². The first-order valence-electron chi connectivity index (χ1n) is 16.3. The first-order valence-corrected chi connectivity index (χ1v) is 19.7. The smallest absolute Gasteiger partial charge is 0.261 e. The van der Waals surface area contributed by atoms with E-state index >= 15 is 0 Å². The van der Waals surface area contributed by atoms with Crippen molar-refractivity contribution < 1.29 is 32.5 Å². The molecular formula is C38H43NO7SSi. The fourth-order valence-corrected chi connectivity index (χ4v) is 12.9. The van der Waals surface area contributed by atoms with Gasteiger partial charge in [0, 0.05) is 17.3 Å². The largest absolute Gasteiger partial charge is 0.405 e. The number of H-pyrrole nitrogens is 1. The molecule has 4 atom stereocenters. The van der Waals surface area contributed by atoms with Crippen molar-refractivity contribution in [1.29, 1.82) is 0 Å². The molecule has 1 aromatic heterocycles. The van der Waals surface area contributed by atoms with E-state index in [1.54, 1.807) is 30.3 Å². The number of fused-ring (bicyclic) bond motifs is 1. The summed E-state index contributed by atoms with van der Waals surface area (Å²) < 4.78 is 46.7. The number of aliphatic hydroxyl groups is 2. The first-order chi connectivity index (χ1) is 23.0. The molecule has 0 amide bonds. The summed E-state index contributed by atoms with van der Waals surface area (Å²) in [6, 6.07) is 36.3. The molecule has 8 nitrogen and oxygen atoms in total. The maximum Gasteiger partial charge on any atom is 0.261 e. The second kappa shape index (κ2) is 14.1. The lowest BCUT2D eigenvalue weighted by atomic mass is 10.0. The van der Waals surface area contributed by atoms with Crippen LogP contribution in [0.1, 0.15) is 32.8 Å². The maximum absolute atomic E-state index is 13.7. The lowest BCUT2D eigenvalue weighted by Gasteiger charge is -2.44. The number of hydrogen-bond donors (Lipinski definition) is 3. The van der Waals surface area contributed by atoms with Crippen molar-refractivity contribution in [3.63, 3.8) is 0 Å². The predicted molar refractivity (Wildman–Crippen MR) is 189 cm³/mol. The fraction of sp³-hybridized carbons (Fsp3) is 0.316. The third-order valence-electron chi connectivity index (χ3n) is 9.14. The summed E-state index contributed by atoms with van der Waals surface area (Å²) in [5.41, 5.74) is 1.29. The molecule has 6 rings (SSSR count). The summed E-state index contributed by atoms with van der Waals surface area (Å²) in [7, 11) is -6.70. The molecule has 0 spiro atoms. The SMILES string of the molecule is CC(C)(C)[Si](OC[C@@H]1C[C@H](O)[C@@H](O)[C@@H](OCCc2c(S(=O)(=O)c3ccccc3)[nH]c3ccccc23)O1)(c1ccccc1)c1ccccc1. The molecule has 1 fully saturated rings. The summed E-state index contributed by atoms with van der Waals surface area (Å²) in [5, 5.41) is 24.7. The van der Waals surface area contributed by atoms with E-state index in [9.17, 15) is 18.6 Å². The van der Waals surface area contributed by atoms with Crippen molar-refractivity contribution in [3.05, 3.63) is 121 Å². The quantitative estimate of drug-likeness (QED) is 0.168. The summed E-state index contributed by atoms with van der Waals surface area (Å²) in [4.78, 5) is 3.30. The Labute approximate surface area is 283 Å². The molecule has 1 saturated heterocycles. The minimum atomic E-state index is -3.84. The van der Waals surface area contributed by atoms with Crippen molar-refractivity contribution in [1.82, 2.24) is 4.98 Å². The Balaban J connectivity index is 1.21. The monoisotopic (exact) mass is 685 g/mol. The van der Waals surface area contributed by atoms with Gasteiger partial charge in [0.1, 0.15) is 11.1 Å². The Kier molecular flexibility index (Phi) is 10.1. The number of para-hydroxylation sites is 1. The highest BCUT2D eigenvalue weighted by Crippen LogP contribution is 2.37. The number of nitrogens with one attached hydrogen (secondary N) is 1. The fourth-order valence-electron chi connectivity index (χ4n) is 6.79. The van der Waals surface area contributed by atoms with E-state index < -0.39 is 42.8 Å². The Morgan fingerprint density at radius 3 is 2.00 bits per heavy atom. The molecule has 0 radical (unpaired) electrons. The molecule has 0 saturated carbocycles. The van der Waals surface area contributed by atoms with Gasteiger partial charge in [-0.25, -0.2) is 8.42 Å². The Morgan fingerprint density at radius 2 is 1.40 bits per heavy atom. The summed E-state index contributed by atoms with van der Waals surface area (Å²) in [5.74, 6) is 0. The van der Waals surface area contributed by atoms with E-state index in [0.29, 0.717) is 11.1 Å². The number of benzene rings is 4. The Morgan fingerprint density at radius 1 is 0.833 bits per heavy atom. The number of aliphatic hydroxyl groups excluding tert-OH is 2. The van der Waals surface area contributed by atoms with Crippen LogP contribution in [0.2, 0.25) is 5.04 Å². The van der Waals surface area contributed by atoms with Gasteiger partial charge in [-0.3, -0.25) is 0 Å². The zero-order valence-corrected chi connectivity index (χ0v) is 29.3. The van der Waals surface area contributed by atoms with Crippen LogP contribution in [0.4, 0.5) is 0 Å². The van der Waals surface area contributed by atoms with Crippen molar-refractivity contribution in [2.24, 2.45) is 0 Å². The van der Waals surface area contributed by atoms with Crippen molar-refractivity contribution in [3.8, 4) is 0 Å². The molecule has 3 N–H and O–H groups in total. The predicted octanol–water partition coefficient (Wildman–Crippen LogP) is 4.97. The third-order valence-corrected chi connectivity index (χ3v) is 15.9.